The van der Waals surface area contributed by atoms with Gasteiger partial charge in [-0.15, -0.1) is 0 Å². The number of nitrogens with one attached hydrogen (secondary N) is 2. The second kappa shape index (κ2) is 9.89. The lowest BCUT2D eigenvalue weighted by Gasteiger charge is -2.46. The minimum Gasteiger partial charge on any atom is -0.338 e. The average Bonchev–Trinajstić information content (AvgIpc) is 3.79. The van der Waals surface area contributed by atoms with Gasteiger partial charge in [0.05, 0.1) is 23.3 Å². The van der Waals surface area contributed by atoms with Crippen LogP contribution < -0.4 is 4.57 Å². The van der Waals surface area contributed by atoms with E-state index in [-0.39, 0.29) is 10.8 Å². The van der Waals surface area contributed by atoms with Crippen LogP contribution in [0.2, 0.25) is 0 Å². The first kappa shape index (κ1) is 28.7. The number of imidazole rings is 3. The Balaban J connectivity index is 1.41. The molecule has 0 unspecified atom stereocenters. The van der Waals surface area contributed by atoms with E-state index in [0.29, 0.717) is 18.3 Å². The van der Waals surface area contributed by atoms with Gasteiger partial charge in [0.15, 0.2) is 0 Å². The van der Waals surface area contributed by atoms with Gasteiger partial charge in [-0.25, -0.2) is 15.0 Å². The third-order valence-electron chi connectivity index (χ3n) is 11.0. The SMILES string of the molecule is CC(C)c1cccc(C(C)C)c1-[n+]1cc(Cc2nc3c4ccccc4c4cccc5c4n3c2C(C)(C)C5(C)C)[nH]c1-c1ncc[nH]1. The number of hydrogen-bond acceptors (Lipinski definition) is 2. The molecule has 0 amide bonds. The number of aromatic amines is 2. The first-order chi connectivity index (χ1) is 22.0. The first-order valence-corrected chi connectivity index (χ1v) is 16.6. The fourth-order valence-electron chi connectivity index (χ4n) is 7.95. The van der Waals surface area contributed by atoms with Gasteiger partial charge in [-0.05, 0) is 22.8 Å². The molecule has 1 aliphatic heterocycles. The van der Waals surface area contributed by atoms with Crippen molar-refractivity contribution in [3.8, 4) is 17.3 Å². The van der Waals surface area contributed by atoms with E-state index in [1.807, 2.05) is 12.4 Å². The lowest BCUT2D eigenvalue weighted by Crippen LogP contribution is -2.44. The first-order valence-electron chi connectivity index (χ1n) is 16.6. The van der Waals surface area contributed by atoms with Crippen molar-refractivity contribution in [1.29, 1.82) is 0 Å². The highest BCUT2D eigenvalue weighted by Crippen LogP contribution is 2.52. The fourth-order valence-corrected chi connectivity index (χ4v) is 7.95. The van der Waals surface area contributed by atoms with Crippen LogP contribution in [0.3, 0.4) is 0 Å². The maximum atomic E-state index is 5.53. The standard InChI is InChI=1S/C40H42N6/c1-23(2)26-15-11-16-27(24(3)4)33(26)45-22-25(43-38(45)36-41-19-20-42-36)21-32-35-40(7,8)39(5,6)31-18-12-17-29-28-13-9-10-14-30(28)37(44-32)46(35)34(29)31/h9-20,22-24H,21H2,1-8H3,(H,41,42,43)/p+1. The predicted molar refractivity (Wildman–Crippen MR) is 187 cm³/mol. The number of H-pyrrole nitrogens is 2. The van der Waals surface area contributed by atoms with Crippen LogP contribution in [0.1, 0.15) is 101 Å². The Labute approximate surface area is 270 Å². The molecule has 0 saturated carbocycles. The molecule has 1 aliphatic rings. The summed E-state index contributed by atoms with van der Waals surface area (Å²) in [5.41, 5.74) is 10.8. The van der Waals surface area contributed by atoms with Crippen LogP contribution in [0.5, 0.6) is 0 Å². The second-order valence-corrected chi connectivity index (χ2v) is 14.8. The molecule has 3 aromatic carbocycles. The minimum absolute atomic E-state index is 0.107. The fraction of sp³-hybridized carbons (Fsp3) is 0.325. The van der Waals surface area contributed by atoms with Gasteiger partial charge in [-0.1, -0.05) is 116 Å². The number of benzene rings is 3. The van der Waals surface area contributed by atoms with Gasteiger partial charge in [-0.2, -0.15) is 4.57 Å². The Bertz CT molecular complexity index is 2270. The van der Waals surface area contributed by atoms with Crippen LogP contribution in [-0.4, -0.2) is 24.3 Å². The highest BCUT2D eigenvalue weighted by Gasteiger charge is 2.48. The number of hydrogen-bond donors (Lipinski definition) is 2. The summed E-state index contributed by atoms with van der Waals surface area (Å²) in [7, 11) is 0. The maximum absolute atomic E-state index is 5.53. The third-order valence-corrected chi connectivity index (χ3v) is 11.0. The van der Waals surface area contributed by atoms with Crippen LogP contribution in [0, 0.1) is 0 Å². The van der Waals surface area contributed by atoms with Gasteiger partial charge in [0.1, 0.15) is 23.2 Å². The summed E-state index contributed by atoms with van der Waals surface area (Å²) in [6.07, 6.45) is 6.67. The molecule has 0 aliphatic carbocycles. The van der Waals surface area contributed by atoms with E-state index < -0.39 is 0 Å². The molecule has 232 valence electrons. The predicted octanol–water partition coefficient (Wildman–Crippen LogP) is 9.04. The Morgan fingerprint density at radius 1 is 0.804 bits per heavy atom. The number of aromatic nitrogens is 6. The minimum atomic E-state index is -0.174. The van der Waals surface area contributed by atoms with E-state index in [1.54, 1.807) is 0 Å². The summed E-state index contributed by atoms with van der Waals surface area (Å²) >= 11 is 0. The summed E-state index contributed by atoms with van der Waals surface area (Å²) in [4.78, 5) is 17.4. The molecule has 46 heavy (non-hydrogen) atoms. The molecular formula is C40H43N6+. The van der Waals surface area contributed by atoms with Crippen molar-refractivity contribution >= 4 is 27.3 Å². The zero-order valence-corrected chi connectivity index (χ0v) is 28.2. The maximum Gasteiger partial charge on any atom is 0.328 e. The molecule has 5 heterocycles. The van der Waals surface area contributed by atoms with Gasteiger partial charge < -0.3 is 4.98 Å². The normalized spacial score (nSPS) is 15.3. The van der Waals surface area contributed by atoms with Gasteiger partial charge in [-0.3, -0.25) is 4.40 Å². The van der Waals surface area contributed by atoms with E-state index in [4.69, 9.17) is 9.97 Å². The molecule has 0 saturated heterocycles. The smallest absolute Gasteiger partial charge is 0.328 e. The van der Waals surface area contributed by atoms with Gasteiger partial charge in [0.2, 0.25) is 5.82 Å². The van der Waals surface area contributed by atoms with E-state index in [1.165, 1.54) is 49.7 Å². The monoisotopic (exact) mass is 607 g/mol. The molecule has 8 rings (SSSR count). The molecule has 2 N–H and O–H groups in total. The van der Waals surface area contributed by atoms with Crippen LogP contribution in [-0.2, 0) is 17.3 Å². The van der Waals surface area contributed by atoms with Gasteiger partial charge in [0, 0.05) is 45.1 Å². The Morgan fingerprint density at radius 2 is 1.48 bits per heavy atom. The van der Waals surface area contributed by atoms with Crippen molar-refractivity contribution < 1.29 is 4.57 Å². The molecule has 0 fully saturated rings. The van der Waals surface area contributed by atoms with Gasteiger partial charge in [0.25, 0.3) is 0 Å². The third kappa shape index (κ3) is 3.85. The van der Waals surface area contributed by atoms with Crippen molar-refractivity contribution in [2.75, 3.05) is 0 Å². The van der Waals surface area contributed by atoms with Gasteiger partial charge >= 0.3 is 5.82 Å². The zero-order chi connectivity index (χ0) is 32.1. The van der Waals surface area contributed by atoms with Crippen molar-refractivity contribution in [2.45, 2.75) is 84.5 Å². The quantitative estimate of drug-likeness (QED) is 0.146. The Morgan fingerprint density at radius 3 is 2.15 bits per heavy atom. The molecular weight excluding hydrogens is 564 g/mol. The molecule has 0 bridgehead atoms. The zero-order valence-electron chi connectivity index (χ0n) is 28.2. The van der Waals surface area contributed by atoms with Crippen LogP contribution >= 0.6 is 0 Å². The lowest BCUT2D eigenvalue weighted by atomic mass is 9.60. The number of nitrogens with zero attached hydrogens (tertiary/aromatic N) is 4. The summed E-state index contributed by atoms with van der Waals surface area (Å²) in [6.45, 7) is 18.7. The molecule has 0 spiro atoms. The van der Waals surface area contributed by atoms with Crippen molar-refractivity contribution in [1.82, 2.24) is 24.3 Å². The van der Waals surface area contributed by atoms with E-state index >= 15 is 0 Å². The van der Waals surface area contributed by atoms with Crippen molar-refractivity contribution in [3.05, 3.63) is 113 Å². The lowest BCUT2D eigenvalue weighted by molar-refractivity contribution is -0.584. The number of fused-ring (bicyclic) bond motifs is 3. The van der Waals surface area contributed by atoms with E-state index in [2.05, 4.69) is 141 Å². The van der Waals surface area contributed by atoms with Crippen LogP contribution in [0.15, 0.2) is 79.3 Å². The molecule has 6 nitrogen and oxygen atoms in total. The number of rotatable bonds is 6. The van der Waals surface area contributed by atoms with E-state index in [9.17, 15) is 0 Å². The highest BCUT2D eigenvalue weighted by molar-refractivity contribution is 6.13. The molecule has 6 heteroatoms. The number of pyridine rings is 1. The largest absolute Gasteiger partial charge is 0.338 e. The average molecular weight is 608 g/mol. The molecule has 0 atom stereocenters. The Kier molecular flexibility index (Phi) is 6.18. The topological polar surface area (TPSA) is 65.7 Å². The summed E-state index contributed by atoms with van der Waals surface area (Å²) in [6, 6.07) is 22.3. The van der Waals surface area contributed by atoms with E-state index in [0.717, 1.165) is 28.7 Å². The Hall–Kier alpha value is -4.71. The van der Waals surface area contributed by atoms with Crippen molar-refractivity contribution in [3.63, 3.8) is 0 Å². The van der Waals surface area contributed by atoms with Crippen molar-refractivity contribution in [2.24, 2.45) is 0 Å². The molecule has 0 radical (unpaired) electrons. The van der Waals surface area contributed by atoms with Crippen LogP contribution in [0.25, 0.3) is 44.7 Å². The summed E-state index contributed by atoms with van der Waals surface area (Å²) in [5, 5.41) is 3.74. The summed E-state index contributed by atoms with van der Waals surface area (Å²) in [5.74, 6) is 2.50. The summed E-state index contributed by atoms with van der Waals surface area (Å²) < 4.78 is 4.82. The second-order valence-electron chi connectivity index (χ2n) is 14.8. The highest BCUT2D eigenvalue weighted by atomic mass is 15.1. The molecule has 4 aromatic heterocycles. The van der Waals surface area contributed by atoms with Crippen LogP contribution in [0.4, 0.5) is 0 Å². The molecule has 7 aromatic rings. The number of para-hydroxylation sites is 2.